The molecule has 0 saturated heterocycles. The normalized spacial score (nSPS) is 12.1. The molecule has 5 heteroatoms. The highest BCUT2D eigenvalue weighted by molar-refractivity contribution is 7.15. The van der Waals surface area contributed by atoms with Crippen LogP contribution in [0.15, 0.2) is 48.7 Å². The summed E-state index contributed by atoms with van der Waals surface area (Å²) in [7, 11) is 0. The summed E-state index contributed by atoms with van der Waals surface area (Å²) in [5.74, 6) is 0. The van der Waals surface area contributed by atoms with E-state index in [2.05, 4.69) is 51.7 Å². The van der Waals surface area contributed by atoms with Gasteiger partial charge in [-0.05, 0) is 31.5 Å². The summed E-state index contributed by atoms with van der Waals surface area (Å²) in [6.07, 6.45) is 1.81. The van der Waals surface area contributed by atoms with E-state index in [-0.39, 0.29) is 6.04 Å². The molecule has 2 heterocycles. The molecule has 0 bridgehead atoms. The van der Waals surface area contributed by atoms with E-state index in [4.69, 9.17) is 0 Å². The summed E-state index contributed by atoms with van der Waals surface area (Å²) in [6, 6.07) is 14.4. The molecule has 0 spiro atoms. The fourth-order valence-corrected chi connectivity index (χ4v) is 2.73. The number of hydrogen-bond acceptors (Lipinski definition) is 5. The second-order valence-corrected chi connectivity index (χ2v) is 6.05. The molecule has 0 aliphatic carbocycles. The van der Waals surface area contributed by atoms with Gasteiger partial charge in [-0.25, -0.2) is 0 Å². The van der Waals surface area contributed by atoms with Crippen LogP contribution in [0.3, 0.4) is 0 Å². The van der Waals surface area contributed by atoms with Crippen molar-refractivity contribution in [3.63, 3.8) is 0 Å². The van der Waals surface area contributed by atoms with E-state index < -0.39 is 0 Å². The first-order valence-electron chi connectivity index (χ1n) is 6.76. The minimum Gasteiger partial charge on any atom is -0.348 e. The maximum atomic E-state index is 4.47. The van der Waals surface area contributed by atoms with E-state index in [0.717, 1.165) is 21.4 Å². The maximum absolute atomic E-state index is 4.47. The zero-order valence-corrected chi connectivity index (χ0v) is 12.8. The lowest BCUT2D eigenvalue weighted by Gasteiger charge is -2.18. The third-order valence-corrected chi connectivity index (χ3v) is 3.96. The molecular weight excluding hydrogens is 280 g/mol. The Morgan fingerprint density at radius 3 is 2.43 bits per heavy atom. The van der Waals surface area contributed by atoms with Crippen molar-refractivity contribution in [2.24, 2.45) is 0 Å². The van der Waals surface area contributed by atoms with Crippen molar-refractivity contribution in [3.05, 3.63) is 70.5 Å². The minimum atomic E-state index is -0.0286. The van der Waals surface area contributed by atoms with Crippen LogP contribution in [-0.4, -0.2) is 15.2 Å². The number of nitrogens with one attached hydrogen (secondary N) is 1. The molecule has 0 fully saturated rings. The van der Waals surface area contributed by atoms with E-state index in [1.165, 1.54) is 5.56 Å². The summed E-state index contributed by atoms with van der Waals surface area (Å²) in [6.45, 7) is 4.03. The largest absolute Gasteiger partial charge is 0.348 e. The molecule has 21 heavy (non-hydrogen) atoms. The minimum absolute atomic E-state index is 0.0286. The van der Waals surface area contributed by atoms with Crippen LogP contribution >= 0.6 is 11.3 Å². The average Bonchev–Trinajstić information content (AvgIpc) is 2.92. The topological polar surface area (TPSA) is 50.7 Å². The number of nitrogens with zero attached hydrogens (tertiary/aromatic N) is 3. The van der Waals surface area contributed by atoms with Crippen molar-refractivity contribution >= 4 is 16.5 Å². The third-order valence-electron chi connectivity index (χ3n) is 3.19. The highest BCUT2D eigenvalue weighted by Gasteiger charge is 2.16. The van der Waals surface area contributed by atoms with Crippen molar-refractivity contribution in [1.82, 2.24) is 15.2 Å². The van der Waals surface area contributed by atoms with Gasteiger partial charge in [0, 0.05) is 6.20 Å². The zero-order valence-electron chi connectivity index (χ0n) is 11.9. The van der Waals surface area contributed by atoms with Crippen molar-refractivity contribution in [3.8, 4) is 0 Å². The quantitative estimate of drug-likeness (QED) is 0.796. The van der Waals surface area contributed by atoms with Crippen LogP contribution in [0.5, 0.6) is 0 Å². The molecule has 1 aromatic carbocycles. The van der Waals surface area contributed by atoms with Gasteiger partial charge in [0.25, 0.3) is 0 Å². The summed E-state index contributed by atoms with van der Waals surface area (Å²) in [5, 5.41) is 13.4. The van der Waals surface area contributed by atoms with E-state index >= 15 is 0 Å². The molecule has 3 rings (SSSR count). The molecule has 0 radical (unpaired) electrons. The molecule has 0 aliphatic rings. The lowest BCUT2D eigenvalue weighted by Crippen LogP contribution is -2.13. The number of aryl methyl sites for hydroxylation is 2. The molecule has 1 atom stereocenters. The first kappa shape index (κ1) is 13.7. The maximum Gasteiger partial charge on any atom is 0.206 e. The average molecular weight is 296 g/mol. The molecule has 1 unspecified atom stereocenters. The Bertz CT molecular complexity index is 707. The smallest absolute Gasteiger partial charge is 0.206 e. The number of hydrogen-bond donors (Lipinski definition) is 1. The summed E-state index contributed by atoms with van der Waals surface area (Å²) in [5.41, 5.74) is 3.37. The van der Waals surface area contributed by atoms with Gasteiger partial charge in [0.2, 0.25) is 5.13 Å². The molecule has 2 aromatic heterocycles. The van der Waals surface area contributed by atoms with Crippen molar-refractivity contribution < 1.29 is 0 Å². The van der Waals surface area contributed by atoms with E-state index in [9.17, 15) is 0 Å². The zero-order chi connectivity index (χ0) is 14.7. The van der Waals surface area contributed by atoms with Gasteiger partial charge < -0.3 is 5.32 Å². The van der Waals surface area contributed by atoms with Crippen LogP contribution in [0.1, 0.15) is 27.9 Å². The van der Waals surface area contributed by atoms with Crippen molar-refractivity contribution in [2.75, 3.05) is 5.32 Å². The third kappa shape index (κ3) is 3.25. The Morgan fingerprint density at radius 1 is 1.00 bits per heavy atom. The summed E-state index contributed by atoms with van der Waals surface area (Å²) >= 11 is 1.55. The monoisotopic (exact) mass is 296 g/mol. The Labute approximate surface area is 127 Å². The number of pyridine rings is 1. The molecule has 4 nitrogen and oxygen atoms in total. The highest BCUT2D eigenvalue weighted by Crippen LogP contribution is 2.27. The van der Waals surface area contributed by atoms with Gasteiger partial charge >= 0.3 is 0 Å². The molecule has 3 aromatic rings. The number of anilines is 1. The Balaban J connectivity index is 1.96. The SMILES string of the molecule is Cc1ccc(C(Nc2nnc(C)s2)c2ccccn2)cc1. The fraction of sp³-hybridized carbons (Fsp3) is 0.188. The molecule has 1 N–H and O–H groups in total. The van der Waals surface area contributed by atoms with Crippen LogP contribution in [-0.2, 0) is 0 Å². The van der Waals surface area contributed by atoms with Crippen molar-refractivity contribution in [1.29, 1.82) is 0 Å². The molecule has 0 aliphatic heterocycles. The first-order valence-corrected chi connectivity index (χ1v) is 7.58. The predicted molar refractivity (Wildman–Crippen MR) is 85.5 cm³/mol. The van der Waals surface area contributed by atoms with Gasteiger partial charge in [-0.2, -0.15) is 0 Å². The van der Waals surface area contributed by atoms with E-state index in [0.29, 0.717) is 0 Å². The highest BCUT2D eigenvalue weighted by atomic mass is 32.1. The van der Waals surface area contributed by atoms with Crippen molar-refractivity contribution in [2.45, 2.75) is 19.9 Å². The van der Waals surface area contributed by atoms with Crippen LogP contribution in [0.4, 0.5) is 5.13 Å². The second-order valence-electron chi connectivity index (χ2n) is 4.87. The predicted octanol–water partition coefficient (Wildman–Crippen LogP) is 3.75. The molecular formula is C16H16N4S. The van der Waals surface area contributed by atoms with E-state index in [1.54, 1.807) is 11.3 Å². The van der Waals surface area contributed by atoms with Crippen LogP contribution in [0.2, 0.25) is 0 Å². The second kappa shape index (κ2) is 6.01. The van der Waals surface area contributed by atoms with Gasteiger partial charge in [0.1, 0.15) is 5.01 Å². The Hall–Kier alpha value is -2.27. The summed E-state index contributed by atoms with van der Waals surface area (Å²) < 4.78 is 0. The van der Waals surface area contributed by atoms with Crippen LogP contribution < -0.4 is 5.32 Å². The number of rotatable bonds is 4. The van der Waals surface area contributed by atoms with Crippen LogP contribution in [0.25, 0.3) is 0 Å². The molecule has 106 valence electrons. The Morgan fingerprint density at radius 2 is 1.81 bits per heavy atom. The Kier molecular flexibility index (Phi) is 3.92. The van der Waals surface area contributed by atoms with E-state index in [1.807, 2.05) is 31.3 Å². The number of aromatic nitrogens is 3. The van der Waals surface area contributed by atoms with Gasteiger partial charge in [-0.1, -0.05) is 47.2 Å². The number of benzene rings is 1. The fourth-order valence-electron chi connectivity index (χ4n) is 2.11. The lowest BCUT2D eigenvalue weighted by atomic mass is 10.0. The van der Waals surface area contributed by atoms with Gasteiger partial charge in [-0.3, -0.25) is 4.98 Å². The van der Waals surface area contributed by atoms with Gasteiger partial charge in [-0.15, -0.1) is 10.2 Å². The molecule has 0 amide bonds. The first-order chi connectivity index (χ1) is 10.2. The lowest BCUT2D eigenvalue weighted by molar-refractivity contribution is 0.875. The van der Waals surface area contributed by atoms with Crippen LogP contribution in [0, 0.1) is 13.8 Å². The van der Waals surface area contributed by atoms with Gasteiger partial charge in [0.05, 0.1) is 11.7 Å². The summed E-state index contributed by atoms with van der Waals surface area (Å²) in [4.78, 5) is 4.47. The van der Waals surface area contributed by atoms with Gasteiger partial charge in [0.15, 0.2) is 0 Å². The standard InChI is InChI=1S/C16H16N4S/c1-11-6-8-13(9-7-11)15(14-5-3-4-10-17-14)18-16-20-19-12(2)21-16/h3-10,15H,1-2H3,(H,18,20). The molecule has 0 saturated carbocycles.